The molecule has 0 bridgehead atoms. The first-order valence-corrected chi connectivity index (χ1v) is 8.01. The summed E-state index contributed by atoms with van der Waals surface area (Å²) in [6.45, 7) is 6.11. The quantitative estimate of drug-likeness (QED) is 0.624. The molecule has 3 rings (SSSR count). The van der Waals surface area contributed by atoms with Crippen LogP contribution in [0.3, 0.4) is 0 Å². The Morgan fingerprint density at radius 2 is 1.85 bits per heavy atom. The van der Waals surface area contributed by atoms with Gasteiger partial charge >= 0.3 is 5.69 Å². The Bertz CT molecular complexity index is 1070. The zero-order chi connectivity index (χ0) is 18.9. The molecule has 0 unspecified atom stereocenters. The van der Waals surface area contributed by atoms with E-state index in [0.717, 1.165) is 11.4 Å². The standard InChI is InChI=1S/C18H19N5O3/c1-18(2,3)13-9-14(23(22-13)11-7-5-4-6-8-11)19-10-12-15(24)20-17(26)21-16(12)25/h4-10H,1-3H3,(H3,20,21,24,25,26). The lowest BCUT2D eigenvalue weighted by Crippen LogP contribution is -2.24. The maximum atomic E-state index is 11.9. The molecule has 0 aliphatic heterocycles. The molecule has 0 spiro atoms. The average Bonchev–Trinajstić information content (AvgIpc) is 2.99. The smallest absolute Gasteiger partial charge is 0.328 e. The summed E-state index contributed by atoms with van der Waals surface area (Å²) in [6, 6.07) is 11.3. The van der Waals surface area contributed by atoms with Crippen molar-refractivity contribution < 1.29 is 5.11 Å². The largest absolute Gasteiger partial charge is 0.494 e. The van der Waals surface area contributed by atoms with Gasteiger partial charge in [0.2, 0.25) is 5.88 Å². The van der Waals surface area contributed by atoms with Gasteiger partial charge in [0.1, 0.15) is 5.56 Å². The second kappa shape index (κ2) is 6.47. The summed E-state index contributed by atoms with van der Waals surface area (Å²) in [7, 11) is 0. The number of nitrogens with one attached hydrogen (secondary N) is 2. The number of aromatic nitrogens is 4. The maximum absolute atomic E-state index is 11.9. The van der Waals surface area contributed by atoms with E-state index in [9.17, 15) is 14.7 Å². The number of H-pyrrole nitrogens is 2. The molecule has 3 aromatic rings. The third-order valence-corrected chi connectivity index (χ3v) is 3.74. The predicted octanol–water partition coefficient (Wildman–Crippen LogP) is 2.00. The van der Waals surface area contributed by atoms with Crippen LogP contribution < -0.4 is 11.2 Å². The summed E-state index contributed by atoms with van der Waals surface area (Å²) in [5.41, 5.74) is -0.196. The van der Waals surface area contributed by atoms with Crippen LogP contribution in [-0.4, -0.2) is 31.1 Å². The van der Waals surface area contributed by atoms with E-state index in [0.29, 0.717) is 5.82 Å². The average molecular weight is 353 g/mol. The predicted molar refractivity (Wildman–Crippen MR) is 98.9 cm³/mol. The van der Waals surface area contributed by atoms with Crippen molar-refractivity contribution in [1.29, 1.82) is 0 Å². The molecule has 0 aliphatic carbocycles. The van der Waals surface area contributed by atoms with Gasteiger partial charge in [0, 0.05) is 17.7 Å². The second-order valence-corrected chi connectivity index (χ2v) is 6.81. The summed E-state index contributed by atoms with van der Waals surface area (Å²) in [5.74, 6) is -0.0459. The third kappa shape index (κ3) is 3.49. The van der Waals surface area contributed by atoms with Gasteiger partial charge in [-0.1, -0.05) is 39.0 Å². The molecule has 1 aromatic carbocycles. The fourth-order valence-corrected chi connectivity index (χ4v) is 2.32. The lowest BCUT2D eigenvalue weighted by atomic mass is 9.92. The van der Waals surface area contributed by atoms with Crippen LogP contribution in [0.25, 0.3) is 5.69 Å². The highest BCUT2D eigenvalue weighted by Crippen LogP contribution is 2.27. The molecular weight excluding hydrogens is 334 g/mol. The monoisotopic (exact) mass is 353 g/mol. The van der Waals surface area contributed by atoms with Crippen LogP contribution in [0.5, 0.6) is 5.88 Å². The molecule has 0 radical (unpaired) electrons. The van der Waals surface area contributed by atoms with E-state index in [2.05, 4.69) is 20.1 Å². The van der Waals surface area contributed by atoms with Crippen LogP contribution in [0.1, 0.15) is 32.0 Å². The SMILES string of the molecule is CC(C)(C)c1cc(N=Cc2c(O)[nH]c(=O)[nH]c2=O)n(-c2ccccc2)n1. The van der Waals surface area contributed by atoms with E-state index in [1.54, 1.807) is 4.68 Å². The fraction of sp³-hybridized carbons (Fsp3) is 0.222. The summed E-state index contributed by atoms with van der Waals surface area (Å²) >= 11 is 0. The number of aromatic hydroxyl groups is 1. The molecule has 26 heavy (non-hydrogen) atoms. The van der Waals surface area contributed by atoms with E-state index in [1.165, 1.54) is 6.21 Å². The Kier molecular flexibility index (Phi) is 4.33. The van der Waals surface area contributed by atoms with Crippen LogP contribution in [-0.2, 0) is 5.41 Å². The number of aromatic amines is 2. The van der Waals surface area contributed by atoms with Gasteiger partial charge in [-0.15, -0.1) is 0 Å². The zero-order valence-electron chi connectivity index (χ0n) is 14.6. The van der Waals surface area contributed by atoms with Crippen molar-refractivity contribution in [1.82, 2.24) is 19.7 Å². The minimum atomic E-state index is -0.783. The Morgan fingerprint density at radius 1 is 1.15 bits per heavy atom. The first-order chi connectivity index (χ1) is 12.3. The molecular formula is C18H19N5O3. The van der Waals surface area contributed by atoms with Gasteiger partial charge in [0.05, 0.1) is 11.4 Å². The topological polar surface area (TPSA) is 116 Å². The fourth-order valence-electron chi connectivity index (χ4n) is 2.32. The Balaban J connectivity index is 2.12. The van der Waals surface area contributed by atoms with Gasteiger partial charge < -0.3 is 5.11 Å². The van der Waals surface area contributed by atoms with Crippen molar-refractivity contribution in [3.05, 3.63) is 68.5 Å². The molecule has 0 fully saturated rings. The van der Waals surface area contributed by atoms with Crippen LogP contribution in [0.15, 0.2) is 51.0 Å². The highest BCUT2D eigenvalue weighted by Gasteiger charge is 2.20. The van der Waals surface area contributed by atoms with Crippen molar-refractivity contribution in [2.75, 3.05) is 0 Å². The van der Waals surface area contributed by atoms with Crippen LogP contribution in [0, 0.1) is 0 Å². The van der Waals surface area contributed by atoms with E-state index < -0.39 is 17.1 Å². The maximum Gasteiger partial charge on any atom is 0.328 e. The molecule has 0 saturated carbocycles. The number of aliphatic imine (C=N–C) groups is 1. The molecule has 2 heterocycles. The van der Waals surface area contributed by atoms with Crippen LogP contribution in [0.2, 0.25) is 0 Å². The number of hydrogen-bond donors (Lipinski definition) is 3. The molecule has 0 atom stereocenters. The Morgan fingerprint density at radius 3 is 2.46 bits per heavy atom. The minimum absolute atomic E-state index is 0.136. The summed E-state index contributed by atoms with van der Waals surface area (Å²) in [5, 5.41) is 14.4. The molecule has 8 nitrogen and oxygen atoms in total. The summed E-state index contributed by atoms with van der Waals surface area (Å²) in [6.07, 6.45) is 1.20. The van der Waals surface area contributed by atoms with Gasteiger partial charge in [-0.25, -0.2) is 14.5 Å². The highest BCUT2D eigenvalue weighted by molar-refractivity contribution is 5.83. The van der Waals surface area contributed by atoms with E-state index >= 15 is 0 Å². The lowest BCUT2D eigenvalue weighted by Gasteiger charge is -2.14. The van der Waals surface area contributed by atoms with Crippen molar-refractivity contribution in [2.24, 2.45) is 4.99 Å². The number of hydrogen-bond acceptors (Lipinski definition) is 5. The van der Waals surface area contributed by atoms with Crippen molar-refractivity contribution in [2.45, 2.75) is 26.2 Å². The van der Waals surface area contributed by atoms with Gasteiger partial charge in [0.15, 0.2) is 5.82 Å². The summed E-state index contributed by atoms with van der Waals surface area (Å²) in [4.78, 5) is 31.5. The molecule has 0 amide bonds. The summed E-state index contributed by atoms with van der Waals surface area (Å²) < 4.78 is 1.66. The van der Waals surface area contributed by atoms with Gasteiger partial charge in [-0.3, -0.25) is 14.8 Å². The van der Waals surface area contributed by atoms with E-state index in [4.69, 9.17) is 0 Å². The van der Waals surface area contributed by atoms with E-state index in [1.807, 2.05) is 57.2 Å². The van der Waals surface area contributed by atoms with Crippen molar-refractivity contribution in [3.63, 3.8) is 0 Å². The number of para-hydroxylation sites is 1. The molecule has 2 aromatic heterocycles. The third-order valence-electron chi connectivity index (χ3n) is 3.74. The van der Waals surface area contributed by atoms with Crippen LogP contribution in [0.4, 0.5) is 5.82 Å². The lowest BCUT2D eigenvalue weighted by molar-refractivity contribution is 0.447. The molecule has 0 aliphatic rings. The number of benzene rings is 1. The van der Waals surface area contributed by atoms with Crippen molar-refractivity contribution >= 4 is 12.0 Å². The minimum Gasteiger partial charge on any atom is -0.494 e. The zero-order valence-corrected chi connectivity index (χ0v) is 14.6. The molecule has 8 heteroatoms. The molecule has 0 saturated heterocycles. The number of nitrogens with zero attached hydrogens (tertiary/aromatic N) is 3. The normalized spacial score (nSPS) is 12.0. The second-order valence-electron chi connectivity index (χ2n) is 6.81. The Hall–Kier alpha value is -3.42. The molecule has 3 N–H and O–H groups in total. The van der Waals surface area contributed by atoms with Crippen molar-refractivity contribution in [3.8, 4) is 11.6 Å². The molecule has 134 valence electrons. The van der Waals surface area contributed by atoms with E-state index in [-0.39, 0.29) is 11.0 Å². The van der Waals surface area contributed by atoms with Crippen LogP contribution >= 0.6 is 0 Å². The van der Waals surface area contributed by atoms with Gasteiger partial charge in [-0.2, -0.15) is 5.10 Å². The van der Waals surface area contributed by atoms with Gasteiger partial charge in [-0.05, 0) is 12.1 Å². The number of rotatable bonds is 3. The first-order valence-electron chi connectivity index (χ1n) is 8.01. The van der Waals surface area contributed by atoms with Gasteiger partial charge in [0.25, 0.3) is 5.56 Å². The first kappa shape index (κ1) is 17.4. The highest BCUT2D eigenvalue weighted by atomic mass is 16.3. The Labute approximate surface area is 148 Å².